The largest absolute Gasteiger partial charge is 0.396 e. The number of nitrogens with zero attached hydrogens (tertiary/aromatic N) is 2. The van der Waals surface area contributed by atoms with Gasteiger partial charge in [0.15, 0.2) is 0 Å². The summed E-state index contributed by atoms with van der Waals surface area (Å²) in [6.45, 7) is 4.37. The fourth-order valence-corrected chi connectivity index (χ4v) is 1.98. The van der Waals surface area contributed by atoms with Gasteiger partial charge < -0.3 is 5.11 Å². The van der Waals surface area contributed by atoms with Crippen LogP contribution in [0.25, 0.3) is 0 Å². The van der Waals surface area contributed by atoms with Crippen molar-refractivity contribution >= 4 is 0 Å². The molecule has 0 spiro atoms. The van der Waals surface area contributed by atoms with Gasteiger partial charge in [-0.25, -0.2) is 0 Å². The van der Waals surface area contributed by atoms with E-state index in [-0.39, 0.29) is 12.0 Å². The molecule has 2 rings (SSSR count). The third-order valence-electron chi connectivity index (χ3n) is 3.05. The van der Waals surface area contributed by atoms with Crippen LogP contribution in [0.4, 0.5) is 0 Å². The second-order valence-corrected chi connectivity index (χ2v) is 3.99. The molecule has 0 saturated heterocycles. The van der Waals surface area contributed by atoms with E-state index in [0.29, 0.717) is 5.92 Å². The van der Waals surface area contributed by atoms with E-state index >= 15 is 0 Å². The van der Waals surface area contributed by atoms with Crippen LogP contribution in [-0.2, 0) is 5.41 Å². The van der Waals surface area contributed by atoms with E-state index in [0.717, 1.165) is 17.8 Å². The van der Waals surface area contributed by atoms with Crippen molar-refractivity contribution in [2.75, 3.05) is 6.61 Å². The molecular formula is C10H14N2O. The minimum absolute atomic E-state index is 0.0765. The number of aliphatic hydroxyl groups excluding tert-OH is 1. The van der Waals surface area contributed by atoms with Gasteiger partial charge in [-0.1, -0.05) is 6.92 Å². The van der Waals surface area contributed by atoms with Gasteiger partial charge in [0.25, 0.3) is 0 Å². The zero-order chi connectivity index (χ0) is 9.47. The summed E-state index contributed by atoms with van der Waals surface area (Å²) in [7, 11) is 0. The van der Waals surface area contributed by atoms with Crippen molar-refractivity contribution in [3.63, 3.8) is 0 Å². The number of hydrogen-bond acceptors (Lipinski definition) is 3. The van der Waals surface area contributed by atoms with Gasteiger partial charge in [0, 0.05) is 24.4 Å². The third-order valence-corrected chi connectivity index (χ3v) is 3.05. The molecule has 3 heteroatoms. The Labute approximate surface area is 77.8 Å². The summed E-state index contributed by atoms with van der Waals surface area (Å²) in [5.74, 6) is 0.378. The Hall–Kier alpha value is -0.960. The van der Waals surface area contributed by atoms with Crippen molar-refractivity contribution in [1.82, 2.24) is 9.97 Å². The molecule has 0 bridgehead atoms. The maximum absolute atomic E-state index is 9.05. The quantitative estimate of drug-likeness (QED) is 0.736. The minimum Gasteiger partial charge on any atom is -0.396 e. The molecule has 0 aromatic carbocycles. The number of aliphatic hydroxyl groups is 1. The molecular weight excluding hydrogens is 164 g/mol. The topological polar surface area (TPSA) is 46.0 Å². The maximum atomic E-state index is 9.05. The van der Waals surface area contributed by atoms with E-state index in [9.17, 15) is 0 Å². The molecule has 1 aliphatic carbocycles. The maximum Gasteiger partial charge on any atom is 0.0678 e. The summed E-state index contributed by atoms with van der Waals surface area (Å²) < 4.78 is 0. The van der Waals surface area contributed by atoms with Crippen molar-refractivity contribution in [1.29, 1.82) is 0 Å². The first-order valence-corrected chi connectivity index (χ1v) is 4.57. The van der Waals surface area contributed by atoms with Gasteiger partial charge in [0.1, 0.15) is 0 Å². The van der Waals surface area contributed by atoms with E-state index < -0.39 is 0 Å². The summed E-state index contributed by atoms with van der Waals surface area (Å²) in [6.07, 6.45) is 4.46. The molecule has 1 aliphatic rings. The molecule has 70 valence electrons. The Kier molecular flexibility index (Phi) is 1.84. The molecule has 13 heavy (non-hydrogen) atoms. The molecule has 1 aromatic rings. The second kappa shape index (κ2) is 2.77. The van der Waals surface area contributed by atoms with Crippen LogP contribution < -0.4 is 0 Å². The average molecular weight is 178 g/mol. The Morgan fingerprint density at radius 1 is 1.54 bits per heavy atom. The molecule has 1 saturated carbocycles. The lowest BCUT2D eigenvalue weighted by molar-refractivity contribution is 0.265. The van der Waals surface area contributed by atoms with Gasteiger partial charge in [-0.15, -0.1) is 0 Å². The molecule has 0 radical (unpaired) electrons. The lowest BCUT2D eigenvalue weighted by Gasteiger charge is -2.11. The van der Waals surface area contributed by atoms with Crippen molar-refractivity contribution in [2.24, 2.45) is 5.92 Å². The lowest BCUT2D eigenvalue weighted by Crippen LogP contribution is -2.11. The van der Waals surface area contributed by atoms with Crippen LogP contribution in [0.2, 0.25) is 0 Å². The van der Waals surface area contributed by atoms with E-state index in [2.05, 4.69) is 16.9 Å². The fourth-order valence-electron chi connectivity index (χ4n) is 1.98. The summed E-state index contributed by atoms with van der Waals surface area (Å²) in [5.41, 5.74) is 2.11. The standard InChI is InChI=1S/C10H14N2O/c1-7-9(12-4-3-11-7)10(2)5-8(10)6-13/h3-4,8,13H,5-6H2,1-2H3. The molecule has 1 aromatic heterocycles. The van der Waals surface area contributed by atoms with Crippen LogP contribution in [-0.4, -0.2) is 21.7 Å². The van der Waals surface area contributed by atoms with E-state index in [4.69, 9.17) is 5.11 Å². The number of aromatic nitrogens is 2. The minimum atomic E-state index is 0.0765. The lowest BCUT2D eigenvalue weighted by atomic mass is 10.00. The van der Waals surface area contributed by atoms with Gasteiger partial charge in [0.05, 0.1) is 11.4 Å². The van der Waals surface area contributed by atoms with Crippen LogP contribution in [0.15, 0.2) is 12.4 Å². The summed E-state index contributed by atoms with van der Waals surface area (Å²) in [6, 6.07) is 0. The molecule has 2 atom stereocenters. The van der Waals surface area contributed by atoms with Crippen LogP contribution in [0.5, 0.6) is 0 Å². The van der Waals surface area contributed by atoms with Gasteiger partial charge in [-0.2, -0.15) is 0 Å². The first-order chi connectivity index (χ1) is 6.18. The molecule has 1 heterocycles. The van der Waals surface area contributed by atoms with E-state index in [1.807, 2.05) is 6.92 Å². The van der Waals surface area contributed by atoms with Crippen LogP contribution >= 0.6 is 0 Å². The average Bonchev–Trinajstić information content (AvgIpc) is 2.79. The van der Waals surface area contributed by atoms with Gasteiger partial charge in [-0.05, 0) is 19.3 Å². The monoisotopic (exact) mass is 178 g/mol. The summed E-state index contributed by atoms with van der Waals surface area (Å²) in [5, 5.41) is 9.05. The van der Waals surface area contributed by atoms with Crippen LogP contribution in [0.3, 0.4) is 0 Å². The van der Waals surface area contributed by atoms with Crippen molar-refractivity contribution in [2.45, 2.75) is 25.7 Å². The van der Waals surface area contributed by atoms with Gasteiger partial charge in [0.2, 0.25) is 0 Å². The zero-order valence-corrected chi connectivity index (χ0v) is 7.99. The van der Waals surface area contributed by atoms with Crippen molar-refractivity contribution in [3.05, 3.63) is 23.8 Å². The third kappa shape index (κ3) is 1.23. The predicted molar refractivity (Wildman–Crippen MR) is 49.3 cm³/mol. The van der Waals surface area contributed by atoms with Crippen LogP contribution in [0.1, 0.15) is 24.7 Å². The zero-order valence-electron chi connectivity index (χ0n) is 7.99. The Bertz CT molecular complexity index is 326. The first kappa shape index (κ1) is 8.63. The van der Waals surface area contributed by atoms with Crippen molar-refractivity contribution < 1.29 is 5.11 Å². The Balaban J connectivity index is 2.32. The highest BCUT2D eigenvalue weighted by molar-refractivity contribution is 5.29. The van der Waals surface area contributed by atoms with Gasteiger partial charge >= 0.3 is 0 Å². The molecule has 1 fully saturated rings. The molecule has 1 N–H and O–H groups in total. The normalized spacial score (nSPS) is 31.8. The Morgan fingerprint density at radius 3 is 2.77 bits per heavy atom. The first-order valence-electron chi connectivity index (χ1n) is 4.57. The number of rotatable bonds is 2. The summed E-state index contributed by atoms with van der Waals surface area (Å²) >= 11 is 0. The highest BCUT2D eigenvalue weighted by Gasteiger charge is 2.52. The van der Waals surface area contributed by atoms with Crippen LogP contribution in [0, 0.1) is 12.8 Å². The highest BCUT2D eigenvalue weighted by atomic mass is 16.3. The van der Waals surface area contributed by atoms with E-state index in [1.54, 1.807) is 12.4 Å². The fraction of sp³-hybridized carbons (Fsp3) is 0.600. The molecule has 3 nitrogen and oxygen atoms in total. The Morgan fingerprint density at radius 2 is 2.23 bits per heavy atom. The molecule has 0 aliphatic heterocycles. The predicted octanol–water partition coefficient (Wildman–Crippen LogP) is 1.05. The summed E-state index contributed by atoms with van der Waals surface area (Å²) in [4.78, 5) is 8.55. The van der Waals surface area contributed by atoms with Crippen molar-refractivity contribution in [3.8, 4) is 0 Å². The number of aryl methyl sites for hydroxylation is 1. The van der Waals surface area contributed by atoms with E-state index in [1.165, 1.54) is 0 Å². The molecule has 2 unspecified atom stereocenters. The number of hydrogen-bond donors (Lipinski definition) is 1. The smallest absolute Gasteiger partial charge is 0.0678 e. The molecule has 0 amide bonds. The second-order valence-electron chi connectivity index (χ2n) is 3.99. The SMILES string of the molecule is Cc1nccnc1C1(C)CC1CO. The van der Waals surface area contributed by atoms with Gasteiger partial charge in [-0.3, -0.25) is 9.97 Å². The highest BCUT2D eigenvalue weighted by Crippen LogP contribution is 2.53.